The van der Waals surface area contributed by atoms with Crippen LogP contribution < -0.4 is 5.32 Å². The average Bonchev–Trinajstić information content (AvgIpc) is 3.13. The lowest BCUT2D eigenvalue weighted by Gasteiger charge is -2.44. The van der Waals surface area contributed by atoms with E-state index in [1.807, 2.05) is 18.2 Å². The number of para-hydroxylation sites is 1. The number of amides is 1. The molecule has 4 fully saturated rings. The fourth-order valence-corrected chi connectivity index (χ4v) is 4.95. The van der Waals surface area contributed by atoms with Crippen LogP contribution in [0, 0.1) is 5.92 Å². The Labute approximate surface area is 159 Å². The van der Waals surface area contributed by atoms with E-state index in [2.05, 4.69) is 22.2 Å². The number of hydrogen-bond donors (Lipinski definition) is 1. The normalized spacial score (nSPS) is 29.3. The van der Waals surface area contributed by atoms with E-state index in [1.54, 1.807) is 0 Å². The minimum absolute atomic E-state index is 0.0115. The van der Waals surface area contributed by atoms with Gasteiger partial charge in [0.2, 0.25) is 0 Å². The molecule has 1 aromatic carbocycles. The van der Waals surface area contributed by atoms with Crippen LogP contribution in [0.25, 0.3) is 11.1 Å². The Balaban J connectivity index is 1.37. The first-order chi connectivity index (χ1) is 13.2. The average molecular weight is 368 g/mol. The Bertz CT molecular complexity index is 832. The molecule has 1 unspecified atom stereocenters. The highest BCUT2D eigenvalue weighted by molar-refractivity contribution is 6.04. The number of hydrogen-bond acceptors (Lipinski definition) is 5. The zero-order chi connectivity index (χ0) is 18.4. The van der Waals surface area contributed by atoms with Crippen molar-refractivity contribution in [1.29, 1.82) is 0 Å². The summed E-state index contributed by atoms with van der Waals surface area (Å²) in [5, 5.41) is 3.28. The molecule has 4 saturated heterocycles. The summed E-state index contributed by atoms with van der Waals surface area (Å²) in [6, 6.07) is 5.96. The second kappa shape index (κ2) is 6.91. The van der Waals surface area contributed by atoms with Gasteiger partial charge in [0.1, 0.15) is 5.52 Å². The first-order valence-electron chi connectivity index (χ1n) is 10.3. The molecule has 0 aliphatic carbocycles. The molecule has 1 N–H and O–H groups in total. The largest absolute Gasteiger partial charge is 0.440 e. The third-order valence-electron chi connectivity index (χ3n) is 6.72. The van der Waals surface area contributed by atoms with Crippen LogP contribution in [0.1, 0.15) is 47.8 Å². The van der Waals surface area contributed by atoms with Crippen molar-refractivity contribution >= 4 is 17.0 Å². The van der Waals surface area contributed by atoms with Crippen molar-refractivity contribution in [3.63, 3.8) is 0 Å². The summed E-state index contributed by atoms with van der Waals surface area (Å²) in [4.78, 5) is 22.6. The Morgan fingerprint density at radius 2 is 1.93 bits per heavy atom. The van der Waals surface area contributed by atoms with Crippen LogP contribution in [0.5, 0.6) is 0 Å². The van der Waals surface area contributed by atoms with Gasteiger partial charge < -0.3 is 19.5 Å². The maximum atomic E-state index is 13.0. The molecular formula is C21H28N4O2. The molecule has 6 nitrogen and oxygen atoms in total. The van der Waals surface area contributed by atoms with Crippen molar-refractivity contribution in [3.05, 3.63) is 29.7 Å². The van der Waals surface area contributed by atoms with Crippen molar-refractivity contribution in [2.75, 3.05) is 39.8 Å². The quantitative estimate of drug-likeness (QED) is 0.902. The lowest BCUT2D eigenvalue weighted by Crippen LogP contribution is -2.57. The number of benzene rings is 1. The summed E-state index contributed by atoms with van der Waals surface area (Å²) in [7, 11) is 2.15. The molecule has 144 valence electrons. The lowest BCUT2D eigenvalue weighted by atomic mass is 9.84. The maximum absolute atomic E-state index is 13.0. The second-order valence-electron chi connectivity index (χ2n) is 8.50. The minimum Gasteiger partial charge on any atom is -0.440 e. The predicted molar refractivity (Wildman–Crippen MR) is 104 cm³/mol. The Morgan fingerprint density at radius 3 is 2.63 bits per heavy atom. The number of oxazole rings is 1. The summed E-state index contributed by atoms with van der Waals surface area (Å²) in [6.07, 6.45) is 4.51. The van der Waals surface area contributed by atoms with E-state index in [1.165, 1.54) is 25.9 Å². The first-order valence-corrected chi connectivity index (χ1v) is 10.3. The predicted octanol–water partition coefficient (Wildman–Crippen LogP) is 2.46. The van der Waals surface area contributed by atoms with Crippen molar-refractivity contribution < 1.29 is 9.21 Å². The fourth-order valence-electron chi connectivity index (χ4n) is 4.95. The highest BCUT2D eigenvalue weighted by atomic mass is 16.3. The Kier molecular flexibility index (Phi) is 4.40. The zero-order valence-corrected chi connectivity index (χ0v) is 16.0. The van der Waals surface area contributed by atoms with Gasteiger partial charge in [0.25, 0.3) is 5.91 Å². The van der Waals surface area contributed by atoms with Gasteiger partial charge in [-0.3, -0.25) is 4.79 Å². The van der Waals surface area contributed by atoms with E-state index >= 15 is 0 Å². The number of likely N-dealkylation sites (tertiary alicyclic amines) is 1. The van der Waals surface area contributed by atoms with Crippen molar-refractivity contribution in [2.24, 2.45) is 5.92 Å². The maximum Gasteiger partial charge on any atom is 0.253 e. The molecule has 0 saturated carbocycles. The third kappa shape index (κ3) is 3.25. The Morgan fingerprint density at radius 1 is 1.15 bits per heavy atom. The molecule has 4 aliphatic heterocycles. The van der Waals surface area contributed by atoms with Crippen LogP contribution in [0.2, 0.25) is 0 Å². The van der Waals surface area contributed by atoms with Gasteiger partial charge in [-0.1, -0.05) is 6.07 Å². The summed E-state index contributed by atoms with van der Waals surface area (Å²) in [5.41, 5.74) is 2.09. The summed E-state index contributed by atoms with van der Waals surface area (Å²) >= 11 is 0. The molecule has 6 rings (SSSR count). The van der Waals surface area contributed by atoms with E-state index < -0.39 is 0 Å². The fraction of sp³-hybridized carbons (Fsp3) is 0.619. The van der Waals surface area contributed by atoms with Crippen molar-refractivity contribution in [3.8, 4) is 0 Å². The smallest absolute Gasteiger partial charge is 0.253 e. The van der Waals surface area contributed by atoms with Gasteiger partial charge in [0.15, 0.2) is 11.5 Å². The number of fused-ring (bicyclic) bond motifs is 4. The molecule has 2 bridgehead atoms. The van der Waals surface area contributed by atoms with E-state index in [-0.39, 0.29) is 11.9 Å². The molecule has 0 radical (unpaired) electrons. The molecule has 0 spiro atoms. The number of nitrogens with one attached hydrogen (secondary N) is 1. The van der Waals surface area contributed by atoms with Gasteiger partial charge in [-0.15, -0.1) is 0 Å². The molecule has 1 aromatic heterocycles. The Hall–Kier alpha value is -1.92. The number of carbonyl (C=O) groups excluding carboxylic acids is 1. The molecule has 1 amide bonds. The van der Waals surface area contributed by atoms with E-state index in [0.29, 0.717) is 22.9 Å². The number of aromatic nitrogens is 1. The molecule has 1 atom stereocenters. The van der Waals surface area contributed by atoms with Crippen LogP contribution in [0.15, 0.2) is 22.6 Å². The number of rotatable bonds is 3. The molecule has 5 heterocycles. The monoisotopic (exact) mass is 368 g/mol. The van der Waals surface area contributed by atoms with Gasteiger partial charge in [-0.05, 0) is 77.0 Å². The molecule has 27 heavy (non-hydrogen) atoms. The number of carbonyl (C=O) groups is 1. The van der Waals surface area contributed by atoms with E-state index in [0.717, 1.165) is 43.9 Å². The van der Waals surface area contributed by atoms with Crippen LogP contribution >= 0.6 is 0 Å². The topological polar surface area (TPSA) is 61.6 Å². The van der Waals surface area contributed by atoms with Crippen LogP contribution in [-0.4, -0.2) is 66.5 Å². The minimum atomic E-state index is -0.0115. The highest BCUT2D eigenvalue weighted by Crippen LogP contribution is 2.31. The first kappa shape index (κ1) is 17.2. The number of nitrogens with zero attached hydrogens (tertiary/aromatic N) is 3. The molecule has 6 heteroatoms. The lowest BCUT2D eigenvalue weighted by molar-refractivity contribution is 0.0621. The molecule has 4 aliphatic rings. The summed E-state index contributed by atoms with van der Waals surface area (Å²) < 4.78 is 6.06. The van der Waals surface area contributed by atoms with Gasteiger partial charge >= 0.3 is 0 Å². The molecule has 2 aromatic rings. The second-order valence-corrected chi connectivity index (χ2v) is 8.50. The van der Waals surface area contributed by atoms with Gasteiger partial charge in [0.05, 0.1) is 5.56 Å². The van der Waals surface area contributed by atoms with Gasteiger partial charge in [-0.2, -0.15) is 0 Å². The summed E-state index contributed by atoms with van der Waals surface area (Å²) in [5.74, 6) is 1.75. The SMILES string of the molecule is CN1CCC(c2nc3c(C(=O)NC4CN5CCC4CC5)cccc3o2)CC1. The number of piperidine rings is 4. The van der Waals surface area contributed by atoms with Crippen molar-refractivity contribution in [1.82, 2.24) is 20.1 Å². The standard InChI is InChI=1S/C21H28N4O2/c1-24-9-5-15(6-10-24)21-23-19-16(3-2-4-18(19)27-21)20(26)22-17-13-25-11-7-14(17)8-12-25/h2-4,14-15,17H,5-13H2,1H3,(H,22,26). The van der Waals surface area contributed by atoms with E-state index in [9.17, 15) is 4.79 Å². The van der Waals surface area contributed by atoms with Crippen LogP contribution in [0.3, 0.4) is 0 Å². The third-order valence-corrected chi connectivity index (χ3v) is 6.72. The van der Waals surface area contributed by atoms with Crippen LogP contribution in [0.4, 0.5) is 0 Å². The summed E-state index contributed by atoms with van der Waals surface area (Å²) in [6.45, 7) is 5.46. The van der Waals surface area contributed by atoms with Crippen molar-refractivity contribution in [2.45, 2.75) is 37.6 Å². The zero-order valence-electron chi connectivity index (χ0n) is 16.0. The van der Waals surface area contributed by atoms with E-state index in [4.69, 9.17) is 9.40 Å². The van der Waals surface area contributed by atoms with Crippen LogP contribution in [-0.2, 0) is 0 Å². The molecular weight excluding hydrogens is 340 g/mol. The van der Waals surface area contributed by atoms with Gasteiger partial charge in [0, 0.05) is 18.5 Å². The van der Waals surface area contributed by atoms with Gasteiger partial charge in [-0.25, -0.2) is 4.98 Å². The highest BCUT2D eigenvalue weighted by Gasteiger charge is 2.35.